The standard InChI is InChI=1S/C11H20O4/c1-9(13-6-11(3)8-15-11)4-12-5-10(2)7-14-10/h9H,4-8H2,1-3H3. The third-order valence-electron chi connectivity index (χ3n) is 2.71. The van der Waals surface area contributed by atoms with Gasteiger partial charge >= 0.3 is 0 Å². The number of ether oxygens (including phenoxy) is 4. The van der Waals surface area contributed by atoms with Crippen LogP contribution < -0.4 is 0 Å². The molecule has 0 amide bonds. The van der Waals surface area contributed by atoms with Crippen LogP contribution in [0.3, 0.4) is 0 Å². The molecular weight excluding hydrogens is 196 g/mol. The minimum atomic E-state index is -0.0279. The molecule has 88 valence electrons. The molecule has 0 aliphatic carbocycles. The summed E-state index contributed by atoms with van der Waals surface area (Å²) < 4.78 is 21.6. The highest BCUT2D eigenvalue weighted by Crippen LogP contribution is 2.27. The normalized spacial score (nSPS) is 40.2. The van der Waals surface area contributed by atoms with Gasteiger partial charge in [-0.3, -0.25) is 0 Å². The molecule has 0 saturated carbocycles. The van der Waals surface area contributed by atoms with Crippen molar-refractivity contribution in [2.45, 2.75) is 38.1 Å². The van der Waals surface area contributed by atoms with E-state index in [1.807, 2.05) is 6.92 Å². The maximum absolute atomic E-state index is 5.61. The molecular formula is C11H20O4. The molecule has 2 fully saturated rings. The van der Waals surface area contributed by atoms with Gasteiger partial charge in [-0.15, -0.1) is 0 Å². The maximum atomic E-state index is 5.61. The molecule has 0 aromatic rings. The summed E-state index contributed by atoms with van der Waals surface area (Å²) in [7, 11) is 0. The van der Waals surface area contributed by atoms with Gasteiger partial charge in [0.05, 0.1) is 39.1 Å². The van der Waals surface area contributed by atoms with Crippen LogP contribution in [0.2, 0.25) is 0 Å². The molecule has 15 heavy (non-hydrogen) atoms. The first-order valence-electron chi connectivity index (χ1n) is 5.49. The zero-order valence-electron chi connectivity index (χ0n) is 9.75. The van der Waals surface area contributed by atoms with Gasteiger partial charge < -0.3 is 18.9 Å². The van der Waals surface area contributed by atoms with Gasteiger partial charge in [0.1, 0.15) is 11.2 Å². The van der Waals surface area contributed by atoms with E-state index >= 15 is 0 Å². The summed E-state index contributed by atoms with van der Waals surface area (Å²) in [6.45, 7) is 9.69. The monoisotopic (exact) mass is 216 g/mol. The van der Waals surface area contributed by atoms with E-state index in [1.54, 1.807) is 0 Å². The van der Waals surface area contributed by atoms with Crippen molar-refractivity contribution in [3.63, 3.8) is 0 Å². The molecule has 0 spiro atoms. The van der Waals surface area contributed by atoms with Gasteiger partial charge in [-0.25, -0.2) is 0 Å². The molecule has 4 nitrogen and oxygen atoms in total. The Morgan fingerprint density at radius 3 is 2.20 bits per heavy atom. The topological polar surface area (TPSA) is 43.5 Å². The molecule has 0 aromatic heterocycles. The van der Waals surface area contributed by atoms with Crippen LogP contribution >= 0.6 is 0 Å². The summed E-state index contributed by atoms with van der Waals surface area (Å²) in [5.41, 5.74) is -0.0505. The predicted molar refractivity (Wildman–Crippen MR) is 54.9 cm³/mol. The molecule has 4 heteroatoms. The molecule has 2 aliphatic heterocycles. The lowest BCUT2D eigenvalue weighted by atomic mass is 10.2. The Kier molecular flexibility index (Phi) is 3.03. The van der Waals surface area contributed by atoms with Crippen molar-refractivity contribution < 1.29 is 18.9 Å². The Labute approximate surface area is 90.8 Å². The van der Waals surface area contributed by atoms with E-state index in [0.717, 1.165) is 13.2 Å². The summed E-state index contributed by atoms with van der Waals surface area (Å²) in [6, 6.07) is 0. The van der Waals surface area contributed by atoms with Gasteiger partial charge in [0.2, 0.25) is 0 Å². The number of rotatable bonds is 7. The van der Waals surface area contributed by atoms with Gasteiger partial charge in [0.25, 0.3) is 0 Å². The maximum Gasteiger partial charge on any atom is 0.112 e. The van der Waals surface area contributed by atoms with Crippen LogP contribution in [-0.2, 0) is 18.9 Å². The van der Waals surface area contributed by atoms with Crippen molar-refractivity contribution >= 4 is 0 Å². The Balaban J connectivity index is 1.50. The Morgan fingerprint density at radius 2 is 1.67 bits per heavy atom. The van der Waals surface area contributed by atoms with Crippen LogP contribution in [0.1, 0.15) is 20.8 Å². The predicted octanol–water partition coefficient (Wildman–Crippen LogP) is 0.986. The van der Waals surface area contributed by atoms with Crippen LogP contribution in [0.4, 0.5) is 0 Å². The number of hydrogen-bond acceptors (Lipinski definition) is 4. The Hall–Kier alpha value is -0.160. The molecule has 2 saturated heterocycles. The third kappa shape index (κ3) is 3.72. The quantitative estimate of drug-likeness (QED) is 0.595. The zero-order chi connectivity index (χ0) is 10.9. The second-order valence-corrected chi connectivity index (χ2v) is 5.11. The van der Waals surface area contributed by atoms with Crippen LogP contribution in [0.5, 0.6) is 0 Å². The Morgan fingerprint density at radius 1 is 1.13 bits per heavy atom. The first-order valence-corrected chi connectivity index (χ1v) is 5.49. The van der Waals surface area contributed by atoms with Gasteiger partial charge in [-0.2, -0.15) is 0 Å². The lowest BCUT2D eigenvalue weighted by molar-refractivity contribution is -0.0319. The fraction of sp³-hybridized carbons (Fsp3) is 1.00. The molecule has 2 aliphatic rings. The molecule has 0 radical (unpaired) electrons. The fourth-order valence-corrected chi connectivity index (χ4v) is 1.22. The lowest BCUT2D eigenvalue weighted by Gasteiger charge is -2.15. The van der Waals surface area contributed by atoms with Crippen molar-refractivity contribution in [3.8, 4) is 0 Å². The van der Waals surface area contributed by atoms with Gasteiger partial charge in [-0.05, 0) is 20.8 Å². The first kappa shape index (κ1) is 11.3. The van der Waals surface area contributed by atoms with Crippen molar-refractivity contribution in [2.75, 3.05) is 33.0 Å². The van der Waals surface area contributed by atoms with Gasteiger partial charge in [0.15, 0.2) is 0 Å². The van der Waals surface area contributed by atoms with E-state index < -0.39 is 0 Å². The average molecular weight is 216 g/mol. The SMILES string of the molecule is CC(COCC1(C)CO1)OCC1(C)CO1. The van der Waals surface area contributed by atoms with Crippen LogP contribution in [-0.4, -0.2) is 50.3 Å². The fourth-order valence-electron chi connectivity index (χ4n) is 1.22. The molecule has 0 aromatic carbocycles. The highest BCUT2D eigenvalue weighted by atomic mass is 16.6. The van der Waals surface area contributed by atoms with Gasteiger partial charge in [0, 0.05) is 0 Å². The summed E-state index contributed by atoms with van der Waals surface area (Å²) in [5.74, 6) is 0. The Bertz CT molecular complexity index is 221. The highest BCUT2D eigenvalue weighted by molar-refractivity contribution is 4.87. The van der Waals surface area contributed by atoms with Gasteiger partial charge in [-0.1, -0.05) is 0 Å². The largest absolute Gasteiger partial charge is 0.376 e. The molecule has 3 unspecified atom stereocenters. The number of epoxide rings is 2. The summed E-state index contributed by atoms with van der Waals surface area (Å²) in [4.78, 5) is 0. The summed E-state index contributed by atoms with van der Waals surface area (Å²) in [5, 5.41) is 0. The molecule has 0 N–H and O–H groups in total. The lowest BCUT2D eigenvalue weighted by Crippen LogP contribution is -2.25. The molecule has 2 heterocycles. The third-order valence-corrected chi connectivity index (χ3v) is 2.71. The summed E-state index contributed by atoms with van der Waals surface area (Å²) >= 11 is 0. The molecule has 2 rings (SSSR count). The van der Waals surface area contributed by atoms with Crippen molar-refractivity contribution in [2.24, 2.45) is 0 Å². The first-order chi connectivity index (χ1) is 7.02. The zero-order valence-corrected chi connectivity index (χ0v) is 9.75. The average Bonchev–Trinajstić information content (AvgIpc) is 3.06. The van der Waals surface area contributed by atoms with E-state index in [2.05, 4.69) is 13.8 Å². The van der Waals surface area contributed by atoms with E-state index in [9.17, 15) is 0 Å². The smallest absolute Gasteiger partial charge is 0.112 e. The van der Waals surface area contributed by atoms with E-state index in [0.29, 0.717) is 19.8 Å². The van der Waals surface area contributed by atoms with E-state index in [4.69, 9.17) is 18.9 Å². The second kappa shape index (κ2) is 4.01. The van der Waals surface area contributed by atoms with Crippen molar-refractivity contribution in [3.05, 3.63) is 0 Å². The van der Waals surface area contributed by atoms with E-state index in [1.165, 1.54) is 0 Å². The summed E-state index contributed by atoms with van der Waals surface area (Å²) in [6.07, 6.45) is 0.119. The highest BCUT2D eigenvalue weighted by Gasteiger charge is 2.40. The van der Waals surface area contributed by atoms with Crippen LogP contribution in [0.25, 0.3) is 0 Å². The molecule has 3 atom stereocenters. The van der Waals surface area contributed by atoms with Crippen LogP contribution in [0, 0.1) is 0 Å². The van der Waals surface area contributed by atoms with Crippen molar-refractivity contribution in [1.82, 2.24) is 0 Å². The number of hydrogen-bond donors (Lipinski definition) is 0. The minimum absolute atomic E-state index is 0.0225. The van der Waals surface area contributed by atoms with Crippen molar-refractivity contribution in [1.29, 1.82) is 0 Å². The molecule has 0 bridgehead atoms. The second-order valence-electron chi connectivity index (χ2n) is 5.11. The minimum Gasteiger partial charge on any atom is -0.376 e. The van der Waals surface area contributed by atoms with Crippen LogP contribution in [0.15, 0.2) is 0 Å². The van der Waals surface area contributed by atoms with E-state index in [-0.39, 0.29) is 17.3 Å².